The van der Waals surface area contributed by atoms with E-state index in [0.29, 0.717) is 21.6 Å². The Hall–Kier alpha value is -2.79. The van der Waals surface area contributed by atoms with Crippen molar-refractivity contribution < 1.29 is 18.7 Å². The van der Waals surface area contributed by atoms with Gasteiger partial charge in [0.15, 0.2) is 12.4 Å². The SMILES string of the molecule is Cc1ccc2oc(-c3ccccc3Cl)c(OCC(=O)OC(C)C)c(=O)c2c1. The maximum absolute atomic E-state index is 13.0. The summed E-state index contributed by atoms with van der Waals surface area (Å²) in [5, 5.41) is 0.778. The van der Waals surface area contributed by atoms with E-state index in [4.69, 9.17) is 25.5 Å². The fourth-order valence-corrected chi connectivity index (χ4v) is 2.90. The lowest BCUT2D eigenvalue weighted by Gasteiger charge is -2.13. The van der Waals surface area contributed by atoms with Crippen molar-refractivity contribution in [2.24, 2.45) is 0 Å². The van der Waals surface area contributed by atoms with Crippen LogP contribution in [0, 0.1) is 6.92 Å². The Morgan fingerprint density at radius 2 is 1.93 bits per heavy atom. The fourth-order valence-electron chi connectivity index (χ4n) is 2.67. The maximum Gasteiger partial charge on any atom is 0.344 e. The lowest BCUT2D eigenvalue weighted by molar-refractivity contribution is -0.149. The van der Waals surface area contributed by atoms with Crippen LogP contribution in [0.15, 0.2) is 51.7 Å². The van der Waals surface area contributed by atoms with Crippen molar-refractivity contribution in [1.82, 2.24) is 0 Å². The second-order valence-electron chi connectivity index (χ2n) is 6.40. The van der Waals surface area contributed by atoms with Gasteiger partial charge in [0.1, 0.15) is 5.58 Å². The minimum atomic E-state index is -0.571. The van der Waals surface area contributed by atoms with Gasteiger partial charge in [0.2, 0.25) is 11.2 Å². The molecule has 0 spiro atoms. The Bertz CT molecular complexity index is 1050. The van der Waals surface area contributed by atoms with Crippen molar-refractivity contribution in [1.29, 1.82) is 0 Å². The molecule has 1 heterocycles. The number of carbonyl (C=O) groups excluding carboxylic acids is 1. The second-order valence-corrected chi connectivity index (χ2v) is 6.80. The standard InChI is InChI=1S/C21H19ClO5/c1-12(2)26-18(23)11-25-21-19(24)15-10-13(3)8-9-17(15)27-20(21)14-6-4-5-7-16(14)22/h4-10,12H,11H2,1-3H3. The number of rotatable bonds is 5. The Morgan fingerprint density at radius 1 is 1.19 bits per heavy atom. The average Bonchev–Trinajstić information content (AvgIpc) is 2.61. The highest BCUT2D eigenvalue weighted by Crippen LogP contribution is 2.35. The summed E-state index contributed by atoms with van der Waals surface area (Å²) in [5.74, 6) is -0.458. The Morgan fingerprint density at radius 3 is 2.63 bits per heavy atom. The number of fused-ring (bicyclic) bond motifs is 1. The summed E-state index contributed by atoms with van der Waals surface area (Å²) in [6.45, 7) is 4.94. The number of aryl methyl sites for hydroxylation is 1. The van der Waals surface area contributed by atoms with Gasteiger partial charge in [0.05, 0.1) is 16.5 Å². The molecule has 0 unspecified atom stereocenters. The lowest BCUT2D eigenvalue weighted by atomic mass is 10.1. The van der Waals surface area contributed by atoms with Crippen molar-refractivity contribution in [3.63, 3.8) is 0 Å². The van der Waals surface area contributed by atoms with Crippen LogP contribution in [0.25, 0.3) is 22.3 Å². The highest BCUT2D eigenvalue weighted by Gasteiger charge is 2.21. The van der Waals surface area contributed by atoms with E-state index in [2.05, 4.69) is 0 Å². The van der Waals surface area contributed by atoms with Crippen molar-refractivity contribution in [2.45, 2.75) is 26.9 Å². The van der Waals surface area contributed by atoms with Crippen LogP contribution in [0.1, 0.15) is 19.4 Å². The zero-order valence-electron chi connectivity index (χ0n) is 15.2. The molecular weight excluding hydrogens is 368 g/mol. The molecule has 6 heteroatoms. The van der Waals surface area contributed by atoms with Crippen LogP contribution in [0.2, 0.25) is 5.02 Å². The number of ether oxygens (including phenoxy) is 2. The summed E-state index contributed by atoms with van der Waals surface area (Å²) in [5.41, 5.74) is 1.46. The Balaban J connectivity index is 2.14. The molecule has 140 valence electrons. The summed E-state index contributed by atoms with van der Waals surface area (Å²) in [4.78, 5) is 24.9. The van der Waals surface area contributed by atoms with Crippen molar-refractivity contribution >= 4 is 28.5 Å². The lowest BCUT2D eigenvalue weighted by Crippen LogP contribution is -2.21. The number of hydrogen-bond acceptors (Lipinski definition) is 5. The van der Waals surface area contributed by atoms with Gasteiger partial charge in [-0.25, -0.2) is 4.79 Å². The maximum atomic E-state index is 13.0. The number of halogens is 1. The summed E-state index contributed by atoms with van der Waals surface area (Å²) in [6.07, 6.45) is -0.278. The normalized spacial score (nSPS) is 11.0. The van der Waals surface area contributed by atoms with Crippen LogP contribution in [-0.2, 0) is 9.53 Å². The molecule has 2 aromatic carbocycles. The molecular formula is C21H19ClO5. The minimum absolute atomic E-state index is 0.0677. The summed E-state index contributed by atoms with van der Waals surface area (Å²) < 4.78 is 16.6. The molecule has 0 fully saturated rings. The number of esters is 1. The molecule has 0 N–H and O–H groups in total. The third kappa shape index (κ3) is 4.14. The topological polar surface area (TPSA) is 65.7 Å². The average molecular weight is 387 g/mol. The van der Waals surface area contributed by atoms with Gasteiger partial charge >= 0.3 is 5.97 Å². The molecule has 5 nitrogen and oxygen atoms in total. The Kier molecular flexibility index (Phi) is 5.51. The van der Waals surface area contributed by atoms with Crippen LogP contribution < -0.4 is 10.2 Å². The first-order valence-corrected chi connectivity index (χ1v) is 8.89. The van der Waals surface area contributed by atoms with E-state index in [0.717, 1.165) is 5.56 Å². The van der Waals surface area contributed by atoms with Gasteiger partial charge in [-0.05, 0) is 45.0 Å². The van der Waals surface area contributed by atoms with E-state index >= 15 is 0 Å². The van der Waals surface area contributed by atoms with Gasteiger partial charge in [-0.2, -0.15) is 0 Å². The fraction of sp³-hybridized carbons (Fsp3) is 0.238. The zero-order valence-corrected chi connectivity index (χ0v) is 16.0. The quantitative estimate of drug-likeness (QED) is 0.592. The number of carbonyl (C=O) groups is 1. The van der Waals surface area contributed by atoms with Crippen LogP contribution in [-0.4, -0.2) is 18.7 Å². The third-order valence-corrected chi connectivity index (χ3v) is 4.15. The van der Waals surface area contributed by atoms with E-state index in [9.17, 15) is 9.59 Å². The molecule has 0 amide bonds. The molecule has 3 rings (SSSR count). The first-order chi connectivity index (χ1) is 12.9. The second kappa shape index (κ2) is 7.84. The first kappa shape index (κ1) is 19.0. The molecule has 0 atom stereocenters. The molecule has 0 bridgehead atoms. The van der Waals surface area contributed by atoms with E-state index in [1.165, 1.54) is 0 Å². The minimum Gasteiger partial charge on any atom is -0.474 e. The monoisotopic (exact) mass is 386 g/mol. The molecule has 27 heavy (non-hydrogen) atoms. The van der Waals surface area contributed by atoms with Crippen molar-refractivity contribution in [3.8, 4) is 17.1 Å². The van der Waals surface area contributed by atoms with Gasteiger partial charge < -0.3 is 13.9 Å². The molecule has 0 aliphatic carbocycles. The van der Waals surface area contributed by atoms with E-state index in [1.807, 2.05) is 13.0 Å². The summed E-state index contributed by atoms with van der Waals surface area (Å²) in [6, 6.07) is 12.3. The van der Waals surface area contributed by atoms with Gasteiger partial charge in [-0.15, -0.1) is 0 Å². The smallest absolute Gasteiger partial charge is 0.344 e. The predicted octanol–water partition coefficient (Wildman–Crippen LogP) is 4.75. The van der Waals surface area contributed by atoms with Gasteiger partial charge in [-0.3, -0.25) is 4.79 Å². The summed E-state index contributed by atoms with van der Waals surface area (Å²) >= 11 is 6.28. The van der Waals surface area contributed by atoms with Gasteiger partial charge in [0, 0.05) is 5.56 Å². The molecule has 1 aromatic heterocycles. The first-order valence-electron chi connectivity index (χ1n) is 8.51. The van der Waals surface area contributed by atoms with Crippen LogP contribution in [0.5, 0.6) is 5.75 Å². The molecule has 0 saturated carbocycles. The predicted molar refractivity (Wildman–Crippen MR) is 104 cm³/mol. The van der Waals surface area contributed by atoms with E-state index in [1.54, 1.807) is 50.2 Å². The Labute approximate surface area is 161 Å². The molecule has 0 radical (unpaired) electrons. The number of hydrogen-bond donors (Lipinski definition) is 0. The highest BCUT2D eigenvalue weighted by atomic mass is 35.5. The largest absolute Gasteiger partial charge is 0.474 e. The van der Waals surface area contributed by atoms with Gasteiger partial charge in [-0.1, -0.05) is 35.4 Å². The summed E-state index contributed by atoms with van der Waals surface area (Å²) in [7, 11) is 0. The van der Waals surface area contributed by atoms with Crippen LogP contribution in [0.3, 0.4) is 0 Å². The molecule has 3 aromatic rings. The number of benzene rings is 2. The zero-order chi connectivity index (χ0) is 19.6. The van der Waals surface area contributed by atoms with Crippen LogP contribution >= 0.6 is 11.6 Å². The molecule has 0 saturated heterocycles. The molecule has 0 aliphatic heterocycles. The van der Waals surface area contributed by atoms with E-state index < -0.39 is 12.6 Å². The van der Waals surface area contributed by atoms with Crippen LogP contribution in [0.4, 0.5) is 0 Å². The van der Waals surface area contributed by atoms with Gasteiger partial charge in [0.25, 0.3) is 0 Å². The van der Waals surface area contributed by atoms with Crippen molar-refractivity contribution in [2.75, 3.05) is 6.61 Å². The van der Waals surface area contributed by atoms with Crippen molar-refractivity contribution in [3.05, 3.63) is 63.3 Å². The highest BCUT2D eigenvalue weighted by molar-refractivity contribution is 6.33. The third-order valence-electron chi connectivity index (χ3n) is 3.82. The van der Waals surface area contributed by atoms with E-state index in [-0.39, 0.29) is 23.0 Å². The molecule has 0 aliphatic rings.